The van der Waals surface area contributed by atoms with Crippen LogP contribution in [0.25, 0.3) is 6.08 Å². The summed E-state index contributed by atoms with van der Waals surface area (Å²) in [4.78, 5) is 24.9. The van der Waals surface area contributed by atoms with Crippen molar-refractivity contribution in [3.05, 3.63) is 99.7 Å². The van der Waals surface area contributed by atoms with Crippen LogP contribution in [0.1, 0.15) is 26.9 Å². The van der Waals surface area contributed by atoms with Crippen molar-refractivity contribution in [2.45, 2.75) is 5.38 Å². The third kappa shape index (κ3) is 4.26. The first-order chi connectivity index (χ1) is 14.0. The van der Waals surface area contributed by atoms with Gasteiger partial charge in [-0.2, -0.15) is 0 Å². The van der Waals surface area contributed by atoms with Crippen LogP contribution in [0, 0.1) is 0 Å². The largest absolute Gasteiger partial charge is 0.452 e. The van der Waals surface area contributed by atoms with E-state index in [1.807, 2.05) is 30.3 Å². The molecule has 4 rings (SSSR count). The van der Waals surface area contributed by atoms with E-state index in [0.717, 1.165) is 10.0 Å². The van der Waals surface area contributed by atoms with Crippen molar-refractivity contribution < 1.29 is 19.1 Å². The van der Waals surface area contributed by atoms with Gasteiger partial charge in [-0.1, -0.05) is 58.4 Å². The minimum absolute atomic E-state index is 0.213. The maximum absolute atomic E-state index is 12.6. The summed E-state index contributed by atoms with van der Waals surface area (Å²) >= 11 is 9.58. The van der Waals surface area contributed by atoms with E-state index >= 15 is 0 Å². The molecule has 0 N–H and O–H groups in total. The van der Waals surface area contributed by atoms with E-state index in [0.29, 0.717) is 16.9 Å². The average Bonchev–Trinajstić information content (AvgIpc) is 3.04. The third-order valence-corrected chi connectivity index (χ3v) is 5.29. The van der Waals surface area contributed by atoms with E-state index in [-0.39, 0.29) is 17.3 Å². The number of halogens is 2. The number of ketones is 1. The number of esters is 1. The lowest BCUT2D eigenvalue weighted by atomic mass is 10.1. The van der Waals surface area contributed by atoms with Crippen LogP contribution in [0.5, 0.6) is 11.5 Å². The second-order valence-electron chi connectivity index (χ2n) is 6.34. The summed E-state index contributed by atoms with van der Waals surface area (Å²) in [5.74, 6) is -0.0131. The molecule has 1 aliphatic rings. The lowest BCUT2D eigenvalue weighted by Crippen LogP contribution is -2.14. The molecule has 29 heavy (non-hydrogen) atoms. The third-order valence-electron chi connectivity index (χ3n) is 4.33. The highest BCUT2D eigenvalue weighted by atomic mass is 79.9. The van der Waals surface area contributed by atoms with Crippen LogP contribution in [0.3, 0.4) is 0 Å². The molecule has 0 spiro atoms. The zero-order valence-electron chi connectivity index (χ0n) is 15.0. The fourth-order valence-corrected chi connectivity index (χ4v) is 3.32. The van der Waals surface area contributed by atoms with E-state index in [1.165, 1.54) is 6.07 Å². The van der Waals surface area contributed by atoms with Gasteiger partial charge in [0.15, 0.2) is 11.1 Å². The Kier molecular flexibility index (Phi) is 5.51. The Labute approximate surface area is 180 Å². The first-order valence-electron chi connectivity index (χ1n) is 8.76. The second-order valence-corrected chi connectivity index (χ2v) is 7.70. The average molecular weight is 470 g/mol. The van der Waals surface area contributed by atoms with Gasteiger partial charge in [0.1, 0.15) is 11.5 Å². The van der Waals surface area contributed by atoms with Crippen LogP contribution in [-0.4, -0.2) is 11.8 Å². The van der Waals surface area contributed by atoms with Crippen LogP contribution in [0.4, 0.5) is 0 Å². The number of carbonyl (C=O) groups is 2. The van der Waals surface area contributed by atoms with Crippen molar-refractivity contribution >= 4 is 45.4 Å². The molecule has 6 heteroatoms. The molecule has 1 atom stereocenters. The molecular weight excluding hydrogens is 456 g/mol. The van der Waals surface area contributed by atoms with Gasteiger partial charge >= 0.3 is 5.97 Å². The SMILES string of the molecule is O=C1/C(=C/c2ccc(Br)cc2)Oc2cc(OC(=O)C(Cl)c3ccccc3)ccc21. The predicted octanol–water partition coefficient (Wildman–Crippen LogP) is 5.95. The summed E-state index contributed by atoms with van der Waals surface area (Å²) in [5.41, 5.74) is 1.90. The fourth-order valence-electron chi connectivity index (χ4n) is 2.87. The summed E-state index contributed by atoms with van der Waals surface area (Å²) in [6, 6.07) is 21.1. The zero-order chi connectivity index (χ0) is 20.4. The summed E-state index contributed by atoms with van der Waals surface area (Å²) in [5, 5.41) is -0.931. The van der Waals surface area contributed by atoms with Crippen molar-refractivity contribution in [3.63, 3.8) is 0 Å². The van der Waals surface area contributed by atoms with E-state index in [9.17, 15) is 9.59 Å². The number of rotatable bonds is 4. The second kappa shape index (κ2) is 8.23. The molecule has 1 heterocycles. The highest BCUT2D eigenvalue weighted by molar-refractivity contribution is 9.10. The number of Topliss-reactive ketones (excluding diaryl/α,β-unsaturated/α-hetero) is 1. The lowest BCUT2D eigenvalue weighted by Gasteiger charge is -2.10. The Morgan fingerprint density at radius 1 is 1.03 bits per heavy atom. The van der Waals surface area contributed by atoms with Gasteiger partial charge in [-0.15, -0.1) is 11.6 Å². The van der Waals surface area contributed by atoms with Gasteiger partial charge in [0.25, 0.3) is 0 Å². The van der Waals surface area contributed by atoms with Crippen molar-refractivity contribution in [3.8, 4) is 11.5 Å². The Hall–Kier alpha value is -2.89. The molecular formula is C23H14BrClO4. The molecule has 0 bridgehead atoms. The van der Waals surface area contributed by atoms with Crippen LogP contribution in [0.2, 0.25) is 0 Å². The van der Waals surface area contributed by atoms with Gasteiger partial charge in [-0.25, -0.2) is 4.79 Å². The van der Waals surface area contributed by atoms with Gasteiger partial charge in [0.05, 0.1) is 5.56 Å². The number of fused-ring (bicyclic) bond motifs is 1. The van der Waals surface area contributed by atoms with Crippen LogP contribution < -0.4 is 9.47 Å². The molecule has 144 valence electrons. The van der Waals surface area contributed by atoms with Crippen molar-refractivity contribution in [2.24, 2.45) is 0 Å². The van der Waals surface area contributed by atoms with E-state index in [2.05, 4.69) is 15.9 Å². The summed E-state index contributed by atoms with van der Waals surface area (Å²) < 4.78 is 12.0. The quantitative estimate of drug-likeness (QED) is 0.205. The molecule has 0 radical (unpaired) electrons. The zero-order valence-corrected chi connectivity index (χ0v) is 17.3. The summed E-state index contributed by atoms with van der Waals surface area (Å²) in [6.07, 6.45) is 1.67. The molecule has 0 aliphatic carbocycles. The molecule has 0 saturated carbocycles. The molecule has 0 amide bonds. The normalized spacial score (nSPS) is 15.0. The maximum atomic E-state index is 12.6. The summed E-state index contributed by atoms with van der Waals surface area (Å²) in [6.45, 7) is 0. The minimum Gasteiger partial charge on any atom is -0.452 e. The first kappa shape index (κ1) is 19.4. The number of allylic oxidation sites excluding steroid dienone is 1. The molecule has 0 saturated heterocycles. The Bertz CT molecular complexity index is 1110. The Morgan fingerprint density at radius 2 is 1.76 bits per heavy atom. The molecule has 1 aliphatic heterocycles. The number of ether oxygens (including phenoxy) is 2. The smallest absolute Gasteiger partial charge is 0.334 e. The number of benzene rings is 3. The van der Waals surface area contributed by atoms with Crippen molar-refractivity contribution in [2.75, 3.05) is 0 Å². The number of hydrogen-bond donors (Lipinski definition) is 0. The molecule has 0 aromatic heterocycles. The highest BCUT2D eigenvalue weighted by Crippen LogP contribution is 2.35. The van der Waals surface area contributed by atoms with Gasteiger partial charge < -0.3 is 9.47 Å². The van der Waals surface area contributed by atoms with Crippen molar-refractivity contribution in [1.82, 2.24) is 0 Å². The summed E-state index contributed by atoms with van der Waals surface area (Å²) in [7, 11) is 0. The number of carbonyl (C=O) groups excluding carboxylic acids is 2. The standard InChI is InChI=1S/C23H14BrClO4/c24-16-8-6-14(7-9-16)12-20-22(26)18-11-10-17(13-19(18)29-20)28-23(27)21(25)15-4-2-1-3-5-15/h1-13,21H/b20-12-. The monoisotopic (exact) mass is 468 g/mol. The van der Waals surface area contributed by atoms with Crippen molar-refractivity contribution in [1.29, 1.82) is 0 Å². The lowest BCUT2D eigenvalue weighted by molar-refractivity contribution is -0.134. The molecule has 3 aromatic rings. The molecule has 3 aromatic carbocycles. The van der Waals surface area contributed by atoms with Crippen LogP contribution in [-0.2, 0) is 4.79 Å². The van der Waals surface area contributed by atoms with Gasteiger partial charge in [-0.3, -0.25) is 4.79 Å². The Morgan fingerprint density at radius 3 is 2.48 bits per heavy atom. The minimum atomic E-state index is -0.931. The van der Waals surface area contributed by atoms with Gasteiger partial charge in [0.2, 0.25) is 5.78 Å². The predicted molar refractivity (Wildman–Crippen MR) is 114 cm³/mol. The highest BCUT2D eigenvalue weighted by Gasteiger charge is 2.28. The number of alkyl halides is 1. The fraction of sp³-hybridized carbons (Fsp3) is 0.0435. The van der Waals surface area contributed by atoms with E-state index < -0.39 is 11.3 Å². The van der Waals surface area contributed by atoms with E-state index in [1.54, 1.807) is 42.5 Å². The van der Waals surface area contributed by atoms with Crippen LogP contribution >= 0.6 is 27.5 Å². The van der Waals surface area contributed by atoms with E-state index in [4.69, 9.17) is 21.1 Å². The molecule has 1 unspecified atom stereocenters. The van der Waals surface area contributed by atoms with Crippen LogP contribution in [0.15, 0.2) is 83.0 Å². The topological polar surface area (TPSA) is 52.6 Å². The van der Waals surface area contributed by atoms with Gasteiger partial charge in [0, 0.05) is 10.5 Å². The molecule has 4 nitrogen and oxygen atoms in total. The van der Waals surface area contributed by atoms with Gasteiger partial charge in [-0.05, 0) is 41.5 Å². The maximum Gasteiger partial charge on any atom is 0.334 e. The number of hydrogen-bond acceptors (Lipinski definition) is 4. The first-order valence-corrected chi connectivity index (χ1v) is 9.99. The Balaban J connectivity index is 1.51. The molecule has 0 fully saturated rings.